The summed E-state index contributed by atoms with van der Waals surface area (Å²) in [7, 11) is 0. The van der Waals surface area contributed by atoms with Gasteiger partial charge in [-0.2, -0.15) is 0 Å². The van der Waals surface area contributed by atoms with Gasteiger partial charge in [0.25, 0.3) is 0 Å². The molecule has 0 radical (unpaired) electrons. The largest absolute Gasteiger partial charge is 0.329 e. The SMILES string of the molecule is CCCn1c(=O)n(Cc2ccc3ccccc3n2)c2ccccc21. The summed E-state index contributed by atoms with van der Waals surface area (Å²) < 4.78 is 3.68. The number of pyridine rings is 1. The zero-order valence-electron chi connectivity index (χ0n) is 13.6. The van der Waals surface area contributed by atoms with Gasteiger partial charge in [0.1, 0.15) is 0 Å². The van der Waals surface area contributed by atoms with Gasteiger partial charge in [0.2, 0.25) is 0 Å². The summed E-state index contributed by atoms with van der Waals surface area (Å²) in [5, 5.41) is 1.11. The van der Waals surface area contributed by atoms with Crippen molar-refractivity contribution in [2.45, 2.75) is 26.4 Å². The maximum absolute atomic E-state index is 12.8. The smallest absolute Gasteiger partial charge is 0.292 e. The Kier molecular flexibility index (Phi) is 3.65. The van der Waals surface area contributed by atoms with Crippen LogP contribution in [-0.2, 0) is 13.1 Å². The van der Waals surface area contributed by atoms with Crippen molar-refractivity contribution in [3.05, 3.63) is 76.8 Å². The van der Waals surface area contributed by atoms with Crippen LogP contribution < -0.4 is 5.69 Å². The molecule has 0 atom stereocenters. The van der Waals surface area contributed by atoms with Crippen molar-refractivity contribution in [3.8, 4) is 0 Å². The molecule has 0 N–H and O–H groups in total. The molecule has 0 bridgehead atoms. The van der Waals surface area contributed by atoms with Gasteiger partial charge in [-0.05, 0) is 30.7 Å². The van der Waals surface area contributed by atoms with Gasteiger partial charge in [-0.3, -0.25) is 14.1 Å². The van der Waals surface area contributed by atoms with Gasteiger partial charge in [-0.1, -0.05) is 43.3 Å². The van der Waals surface area contributed by atoms with Crippen LogP contribution in [0, 0.1) is 0 Å². The first-order valence-corrected chi connectivity index (χ1v) is 8.30. The fourth-order valence-corrected chi connectivity index (χ4v) is 3.22. The standard InChI is InChI=1S/C20H19N3O/c1-2-13-22-18-9-5-6-10-19(18)23(20(22)24)14-16-12-11-15-7-3-4-8-17(15)21-16/h3-12H,2,13-14H2,1H3. The summed E-state index contributed by atoms with van der Waals surface area (Å²) in [5.41, 5.74) is 3.85. The molecule has 2 aromatic carbocycles. The monoisotopic (exact) mass is 317 g/mol. The summed E-state index contributed by atoms with van der Waals surface area (Å²) in [5.74, 6) is 0. The van der Waals surface area contributed by atoms with Gasteiger partial charge in [0.05, 0.1) is 28.8 Å². The van der Waals surface area contributed by atoms with E-state index < -0.39 is 0 Å². The highest BCUT2D eigenvalue weighted by Crippen LogP contribution is 2.16. The molecule has 4 heteroatoms. The van der Waals surface area contributed by atoms with E-state index in [9.17, 15) is 4.79 Å². The van der Waals surface area contributed by atoms with Crippen molar-refractivity contribution in [1.82, 2.24) is 14.1 Å². The number of hydrogen-bond donors (Lipinski definition) is 0. The van der Waals surface area contributed by atoms with E-state index in [-0.39, 0.29) is 5.69 Å². The Morgan fingerprint density at radius 1 is 0.875 bits per heavy atom. The van der Waals surface area contributed by atoms with Crippen molar-refractivity contribution in [2.75, 3.05) is 0 Å². The highest BCUT2D eigenvalue weighted by atomic mass is 16.1. The molecular weight excluding hydrogens is 298 g/mol. The van der Waals surface area contributed by atoms with Crippen LogP contribution >= 0.6 is 0 Å². The Bertz CT molecular complexity index is 1080. The van der Waals surface area contributed by atoms with Crippen molar-refractivity contribution < 1.29 is 0 Å². The van der Waals surface area contributed by atoms with Gasteiger partial charge >= 0.3 is 5.69 Å². The quantitative estimate of drug-likeness (QED) is 0.574. The molecule has 0 unspecified atom stereocenters. The Balaban J connectivity index is 1.83. The maximum Gasteiger partial charge on any atom is 0.329 e. The minimum Gasteiger partial charge on any atom is -0.292 e. The van der Waals surface area contributed by atoms with Gasteiger partial charge < -0.3 is 0 Å². The Hall–Kier alpha value is -2.88. The predicted octanol–water partition coefficient (Wildman–Crippen LogP) is 3.81. The van der Waals surface area contributed by atoms with Crippen LogP contribution in [0.3, 0.4) is 0 Å². The third-order valence-electron chi connectivity index (χ3n) is 4.35. The minimum atomic E-state index is 0.0352. The number of aryl methyl sites for hydroxylation is 1. The van der Waals surface area contributed by atoms with E-state index in [4.69, 9.17) is 4.98 Å². The Labute approximate surface area is 140 Å². The Morgan fingerprint density at radius 3 is 2.38 bits per heavy atom. The van der Waals surface area contributed by atoms with E-state index >= 15 is 0 Å². The molecule has 0 aliphatic heterocycles. The van der Waals surface area contributed by atoms with Crippen LogP contribution in [0.2, 0.25) is 0 Å². The van der Waals surface area contributed by atoms with Crippen LogP contribution in [0.15, 0.2) is 65.5 Å². The van der Waals surface area contributed by atoms with Gasteiger partial charge in [0, 0.05) is 11.9 Å². The van der Waals surface area contributed by atoms with Crippen molar-refractivity contribution in [3.63, 3.8) is 0 Å². The molecule has 0 aliphatic carbocycles. The molecule has 120 valence electrons. The lowest BCUT2D eigenvalue weighted by atomic mass is 10.2. The normalized spacial score (nSPS) is 11.4. The molecule has 4 rings (SSSR count). The summed E-state index contributed by atoms with van der Waals surface area (Å²) in [6, 6.07) is 20.1. The van der Waals surface area contributed by atoms with Crippen LogP contribution in [0.25, 0.3) is 21.9 Å². The highest BCUT2D eigenvalue weighted by Gasteiger charge is 2.13. The molecule has 0 saturated heterocycles. The van der Waals surface area contributed by atoms with Crippen LogP contribution in [0.4, 0.5) is 0 Å². The summed E-state index contributed by atoms with van der Waals surface area (Å²) >= 11 is 0. The molecule has 4 nitrogen and oxygen atoms in total. The minimum absolute atomic E-state index is 0.0352. The first-order valence-electron chi connectivity index (χ1n) is 8.30. The van der Waals surface area contributed by atoms with Crippen molar-refractivity contribution >= 4 is 21.9 Å². The Morgan fingerprint density at radius 2 is 1.58 bits per heavy atom. The molecule has 4 aromatic rings. The lowest BCUT2D eigenvalue weighted by Gasteiger charge is -2.05. The average molecular weight is 317 g/mol. The van der Waals surface area contributed by atoms with Crippen LogP contribution in [0.5, 0.6) is 0 Å². The van der Waals surface area contributed by atoms with E-state index in [1.54, 1.807) is 0 Å². The summed E-state index contributed by atoms with van der Waals surface area (Å²) in [6.45, 7) is 3.31. The van der Waals surface area contributed by atoms with E-state index in [1.165, 1.54) is 0 Å². The first kappa shape index (κ1) is 14.7. The molecule has 2 aromatic heterocycles. The number of nitrogens with zero attached hydrogens (tertiary/aromatic N) is 3. The van der Waals surface area contributed by atoms with E-state index in [2.05, 4.69) is 13.0 Å². The number of para-hydroxylation sites is 3. The third-order valence-corrected chi connectivity index (χ3v) is 4.35. The molecule has 2 heterocycles. The van der Waals surface area contributed by atoms with Crippen molar-refractivity contribution in [2.24, 2.45) is 0 Å². The lowest BCUT2D eigenvalue weighted by molar-refractivity contribution is 0.635. The fraction of sp³-hybridized carbons (Fsp3) is 0.200. The zero-order valence-corrected chi connectivity index (χ0v) is 13.6. The molecule has 0 saturated carbocycles. The van der Waals surface area contributed by atoms with E-state index in [0.29, 0.717) is 6.54 Å². The molecular formula is C20H19N3O. The van der Waals surface area contributed by atoms with Crippen molar-refractivity contribution in [1.29, 1.82) is 0 Å². The lowest BCUT2D eigenvalue weighted by Crippen LogP contribution is -2.25. The number of aromatic nitrogens is 3. The zero-order chi connectivity index (χ0) is 16.5. The number of fused-ring (bicyclic) bond motifs is 2. The van der Waals surface area contributed by atoms with Gasteiger partial charge in [-0.25, -0.2) is 4.79 Å². The number of imidazole rings is 1. The predicted molar refractivity (Wildman–Crippen MR) is 97.3 cm³/mol. The number of hydrogen-bond acceptors (Lipinski definition) is 2. The second-order valence-corrected chi connectivity index (χ2v) is 6.00. The number of benzene rings is 2. The van der Waals surface area contributed by atoms with E-state index in [1.807, 2.05) is 63.7 Å². The molecule has 24 heavy (non-hydrogen) atoms. The van der Waals surface area contributed by atoms with E-state index in [0.717, 1.165) is 40.6 Å². The second-order valence-electron chi connectivity index (χ2n) is 6.00. The van der Waals surface area contributed by atoms with Crippen LogP contribution in [0.1, 0.15) is 19.0 Å². The second kappa shape index (κ2) is 5.96. The van der Waals surface area contributed by atoms with Crippen LogP contribution in [-0.4, -0.2) is 14.1 Å². The van der Waals surface area contributed by atoms with Gasteiger partial charge in [0.15, 0.2) is 0 Å². The molecule has 0 spiro atoms. The molecule has 0 amide bonds. The summed E-state index contributed by atoms with van der Waals surface area (Å²) in [6.07, 6.45) is 0.933. The fourth-order valence-electron chi connectivity index (χ4n) is 3.22. The third kappa shape index (κ3) is 2.40. The first-order chi connectivity index (χ1) is 11.8. The number of rotatable bonds is 4. The highest BCUT2D eigenvalue weighted by molar-refractivity contribution is 5.78. The van der Waals surface area contributed by atoms with Gasteiger partial charge in [-0.15, -0.1) is 0 Å². The molecule has 0 aliphatic rings. The summed E-state index contributed by atoms with van der Waals surface area (Å²) in [4.78, 5) is 17.5. The molecule has 0 fully saturated rings. The maximum atomic E-state index is 12.8. The topological polar surface area (TPSA) is 39.8 Å². The average Bonchev–Trinajstić information content (AvgIpc) is 2.88.